The lowest BCUT2D eigenvalue weighted by atomic mass is 10.1. The molecule has 5 aromatic rings. The van der Waals surface area contributed by atoms with Crippen LogP contribution in [-0.2, 0) is 7.05 Å². The van der Waals surface area contributed by atoms with Crippen LogP contribution in [0.25, 0.3) is 33.3 Å². The Morgan fingerprint density at radius 1 is 1.03 bits per heavy atom. The van der Waals surface area contributed by atoms with Gasteiger partial charge in [-0.3, -0.25) is 9.78 Å². The summed E-state index contributed by atoms with van der Waals surface area (Å²) >= 11 is 0. The van der Waals surface area contributed by atoms with Crippen molar-refractivity contribution in [2.45, 2.75) is 0 Å². The second-order valence-electron chi connectivity index (χ2n) is 6.73. The number of benzene rings is 2. The number of aromatic amines is 1. The lowest BCUT2D eigenvalue weighted by Gasteiger charge is -2.10. The lowest BCUT2D eigenvalue weighted by molar-refractivity contribution is 0.174. The van der Waals surface area contributed by atoms with Crippen molar-refractivity contribution in [1.82, 2.24) is 29.9 Å². The number of fused-ring (bicyclic) bond motifs is 3. The maximum Gasteiger partial charge on any atom is 0.231 e. The van der Waals surface area contributed by atoms with Gasteiger partial charge in [0.05, 0.1) is 23.3 Å². The van der Waals surface area contributed by atoms with Crippen LogP contribution >= 0.6 is 0 Å². The van der Waals surface area contributed by atoms with Crippen LogP contribution in [-0.4, -0.2) is 36.7 Å². The smallest absolute Gasteiger partial charge is 0.231 e. The number of rotatable bonds is 3. The molecule has 0 spiro atoms. The minimum absolute atomic E-state index is 0.234. The summed E-state index contributed by atoms with van der Waals surface area (Å²) < 4.78 is 12.6. The standard InChI is InChI=1S/C20H15N7O2/c1-27-20-14(9-22-27)19(23-11-5-6-16-17(7-11)29-10-28-16)24-18(25-20)12-3-2-4-15-13(12)8-21-26-15/h2-9H,10H2,1H3,(H,21,26)(H,23,24,25). The molecule has 0 bridgehead atoms. The fourth-order valence-electron chi connectivity index (χ4n) is 3.51. The van der Waals surface area contributed by atoms with Crippen LogP contribution in [0.15, 0.2) is 48.8 Å². The van der Waals surface area contributed by atoms with Gasteiger partial charge in [-0.25, -0.2) is 9.97 Å². The Bertz CT molecular complexity index is 1390. The molecule has 0 aliphatic carbocycles. The van der Waals surface area contributed by atoms with Crippen molar-refractivity contribution in [2.75, 3.05) is 12.1 Å². The van der Waals surface area contributed by atoms with Crippen LogP contribution < -0.4 is 14.8 Å². The Balaban J connectivity index is 1.52. The summed E-state index contributed by atoms with van der Waals surface area (Å²) in [5, 5.41) is 16.6. The molecule has 0 radical (unpaired) electrons. The summed E-state index contributed by atoms with van der Waals surface area (Å²) in [6.45, 7) is 0.234. The van der Waals surface area contributed by atoms with E-state index in [4.69, 9.17) is 19.4 Å². The number of anilines is 2. The fourth-order valence-corrected chi connectivity index (χ4v) is 3.51. The number of hydrogen-bond acceptors (Lipinski definition) is 7. The van der Waals surface area contributed by atoms with Crippen molar-refractivity contribution >= 4 is 33.4 Å². The zero-order chi connectivity index (χ0) is 19.4. The molecule has 142 valence electrons. The van der Waals surface area contributed by atoms with Crippen LogP contribution in [0.1, 0.15) is 0 Å². The molecule has 3 aromatic heterocycles. The predicted molar refractivity (Wildman–Crippen MR) is 107 cm³/mol. The number of H-pyrrole nitrogens is 1. The average Bonchev–Trinajstić information content (AvgIpc) is 3.47. The van der Waals surface area contributed by atoms with Crippen molar-refractivity contribution in [1.29, 1.82) is 0 Å². The minimum Gasteiger partial charge on any atom is -0.454 e. The maximum absolute atomic E-state index is 5.48. The Morgan fingerprint density at radius 2 is 1.97 bits per heavy atom. The van der Waals surface area contributed by atoms with Gasteiger partial charge in [0.15, 0.2) is 23.0 Å². The molecule has 0 fully saturated rings. The van der Waals surface area contributed by atoms with Crippen LogP contribution in [0.3, 0.4) is 0 Å². The Labute approximate surface area is 164 Å². The molecule has 0 saturated carbocycles. The third-order valence-corrected chi connectivity index (χ3v) is 4.95. The molecule has 9 nitrogen and oxygen atoms in total. The molecule has 29 heavy (non-hydrogen) atoms. The van der Waals surface area contributed by atoms with Crippen molar-refractivity contribution in [3.05, 3.63) is 48.8 Å². The largest absolute Gasteiger partial charge is 0.454 e. The van der Waals surface area contributed by atoms with E-state index in [-0.39, 0.29) is 6.79 Å². The summed E-state index contributed by atoms with van der Waals surface area (Å²) in [5.74, 6) is 2.70. The first-order valence-corrected chi connectivity index (χ1v) is 9.05. The Hall–Kier alpha value is -4.14. The van der Waals surface area contributed by atoms with Gasteiger partial charge in [-0.2, -0.15) is 10.2 Å². The van der Waals surface area contributed by atoms with Crippen LogP contribution in [0, 0.1) is 0 Å². The molecule has 0 unspecified atom stereocenters. The van der Waals surface area contributed by atoms with E-state index in [1.165, 1.54) is 0 Å². The first-order chi connectivity index (χ1) is 14.3. The van der Waals surface area contributed by atoms with Gasteiger partial charge in [0.25, 0.3) is 0 Å². The van der Waals surface area contributed by atoms with E-state index in [2.05, 4.69) is 20.6 Å². The molecule has 0 saturated heterocycles. The number of hydrogen-bond donors (Lipinski definition) is 2. The third kappa shape index (κ3) is 2.48. The highest BCUT2D eigenvalue weighted by Gasteiger charge is 2.17. The first-order valence-electron chi connectivity index (χ1n) is 9.05. The molecule has 2 N–H and O–H groups in total. The van der Waals surface area contributed by atoms with E-state index < -0.39 is 0 Å². The summed E-state index contributed by atoms with van der Waals surface area (Å²) in [6, 6.07) is 11.6. The highest BCUT2D eigenvalue weighted by Crippen LogP contribution is 2.36. The van der Waals surface area contributed by atoms with Gasteiger partial charge in [0, 0.05) is 29.8 Å². The summed E-state index contributed by atoms with van der Waals surface area (Å²) in [7, 11) is 1.86. The summed E-state index contributed by atoms with van der Waals surface area (Å²) in [4.78, 5) is 9.57. The van der Waals surface area contributed by atoms with Crippen molar-refractivity contribution in [3.63, 3.8) is 0 Å². The van der Waals surface area contributed by atoms with Crippen LogP contribution in [0.4, 0.5) is 11.5 Å². The molecule has 4 heterocycles. The minimum atomic E-state index is 0.234. The molecular weight excluding hydrogens is 370 g/mol. The molecule has 2 aromatic carbocycles. The van der Waals surface area contributed by atoms with Crippen molar-refractivity contribution in [3.8, 4) is 22.9 Å². The van der Waals surface area contributed by atoms with Crippen molar-refractivity contribution in [2.24, 2.45) is 7.05 Å². The average molecular weight is 385 g/mol. The predicted octanol–water partition coefficient (Wildman–Crippen LogP) is 3.38. The zero-order valence-corrected chi connectivity index (χ0v) is 15.4. The van der Waals surface area contributed by atoms with E-state index in [0.29, 0.717) is 17.4 Å². The number of nitrogens with zero attached hydrogens (tertiary/aromatic N) is 5. The normalized spacial score (nSPS) is 12.7. The fraction of sp³-hybridized carbons (Fsp3) is 0.100. The first kappa shape index (κ1) is 15.9. The third-order valence-electron chi connectivity index (χ3n) is 4.95. The molecule has 0 amide bonds. The number of aryl methyl sites for hydroxylation is 1. The van der Waals surface area contributed by atoms with Crippen LogP contribution in [0.5, 0.6) is 11.5 Å². The van der Waals surface area contributed by atoms with Gasteiger partial charge in [-0.15, -0.1) is 0 Å². The molecule has 1 aliphatic heterocycles. The quantitative estimate of drug-likeness (QED) is 0.491. The number of aromatic nitrogens is 6. The molecule has 0 atom stereocenters. The zero-order valence-electron chi connectivity index (χ0n) is 15.4. The second-order valence-corrected chi connectivity index (χ2v) is 6.73. The summed E-state index contributed by atoms with van der Waals surface area (Å²) in [6.07, 6.45) is 3.54. The number of nitrogens with one attached hydrogen (secondary N) is 2. The molecule has 6 rings (SSSR count). The monoisotopic (exact) mass is 385 g/mol. The van der Waals surface area contributed by atoms with Gasteiger partial charge in [-0.05, 0) is 18.2 Å². The lowest BCUT2D eigenvalue weighted by Crippen LogP contribution is -2.01. The van der Waals surface area contributed by atoms with E-state index >= 15 is 0 Å². The maximum atomic E-state index is 5.48. The molecular formula is C20H15N7O2. The Kier molecular flexibility index (Phi) is 3.25. The van der Waals surface area contributed by atoms with Gasteiger partial charge >= 0.3 is 0 Å². The van der Waals surface area contributed by atoms with E-state index in [1.807, 2.05) is 43.4 Å². The second kappa shape index (κ2) is 5.93. The van der Waals surface area contributed by atoms with Gasteiger partial charge in [0.1, 0.15) is 5.82 Å². The van der Waals surface area contributed by atoms with E-state index in [0.717, 1.165) is 38.9 Å². The Morgan fingerprint density at radius 3 is 2.93 bits per heavy atom. The van der Waals surface area contributed by atoms with E-state index in [1.54, 1.807) is 17.1 Å². The molecule has 1 aliphatic rings. The van der Waals surface area contributed by atoms with E-state index in [9.17, 15) is 0 Å². The topological polar surface area (TPSA) is 103 Å². The van der Waals surface area contributed by atoms with Gasteiger partial charge < -0.3 is 14.8 Å². The highest BCUT2D eigenvalue weighted by atomic mass is 16.7. The van der Waals surface area contributed by atoms with Gasteiger partial charge in [-0.1, -0.05) is 12.1 Å². The summed E-state index contributed by atoms with van der Waals surface area (Å²) in [5.41, 5.74) is 3.40. The van der Waals surface area contributed by atoms with Gasteiger partial charge in [0.2, 0.25) is 6.79 Å². The number of ether oxygens (including phenoxy) is 2. The highest BCUT2D eigenvalue weighted by molar-refractivity contribution is 5.95. The SMILES string of the molecule is Cn1ncc2c(Nc3ccc4c(c3)OCO4)nc(-c3cccc4[nH]ncc34)nc21. The molecule has 9 heteroatoms. The van der Waals surface area contributed by atoms with Crippen LogP contribution in [0.2, 0.25) is 0 Å². The van der Waals surface area contributed by atoms with Crippen molar-refractivity contribution < 1.29 is 9.47 Å².